The van der Waals surface area contributed by atoms with Gasteiger partial charge in [-0.3, -0.25) is 4.79 Å². The Morgan fingerprint density at radius 3 is 1.64 bits per heavy atom. The van der Waals surface area contributed by atoms with Crippen LogP contribution in [-0.2, 0) is 0 Å². The van der Waals surface area contributed by atoms with E-state index in [1.165, 1.54) is 77.0 Å². The first-order chi connectivity index (χ1) is 12.1. The maximum atomic E-state index is 12.6. The van der Waals surface area contributed by atoms with Crippen LogP contribution in [0.25, 0.3) is 0 Å². The molecular formula is C24H40O. The summed E-state index contributed by atoms with van der Waals surface area (Å²) in [6.07, 6.45) is 17.4. The van der Waals surface area contributed by atoms with Crippen LogP contribution >= 0.6 is 0 Å². The average Bonchev–Trinajstić information content (AvgIpc) is 2.62. The molecule has 1 nitrogen and oxygen atoms in total. The molecule has 0 bridgehead atoms. The quantitative estimate of drug-likeness (QED) is 0.233. The van der Waals surface area contributed by atoms with Crippen molar-refractivity contribution < 1.29 is 4.79 Å². The summed E-state index contributed by atoms with van der Waals surface area (Å²) in [4.78, 5) is 12.6. The second-order valence-electron chi connectivity index (χ2n) is 8.22. The van der Waals surface area contributed by atoms with Crippen LogP contribution in [0, 0.1) is 5.41 Å². The van der Waals surface area contributed by atoms with Crippen molar-refractivity contribution in [1.29, 1.82) is 0 Å². The number of ketones is 1. The van der Waals surface area contributed by atoms with Gasteiger partial charge in [-0.05, 0) is 6.42 Å². The van der Waals surface area contributed by atoms with Gasteiger partial charge in [0.05, 0.1) is 0 Å². The van der Waals surface area contributed by atoms with Crippen LogP contribution in [0.5, 0.6) is 0 Å². The van der Waals surface area contributed by atoms with Crippen LogP contribution in [0.3, 0.4) is 0 Å². The Morgan fingerprint density at radius 1 is 0.720 bits per heavy atom. The van der Waals surface area contributed by atoms with Gasteiger partial charge in [0.2, 0.25) is 0 Å². The largest absolute Gasteiger partial charge is 0.294 e. The van der Waals surface area contributed by atoms with Crippen LogP contribution in [0.2, 0.25) is 0 Å². The summed E-state index contributed by atoms with van der Waals surface area (Å²) in [5, 5.41) is 0. The summed E-state index contributed by atoms with van der Waals surface area (Å²) in [7, 11) is 0. The molecule has 0 amide bonds. The SMILES string of the molecule is CCCCCCCCCCCCCCC(C)(C)C(=O)c1ccccc1. The van der Waals surface area contributed by atoms with E-state index >= 15 is 0 Å². The van der Waals surface area contributed by atoms with Crippen LogP contribution in [-0.4, -0.2) is 5.78 Å². The van der Waals surface area contributed by atoms with Crippen molar-refractivity contribution in [2.24, 2.45) is 5.41 Å². The Bertz CT molecular complexity index is 446. The van der Waals surface area contributed by atoms with Crippen molar-refractivity contribution in [3.05, 3.63) is 35.9 Å². The standard InChI is InChI=1S/C24H40O/c1-4-5-6-7-8-9-10-11-12-13-14-18-21-24(2,3)23(25)22-19-16-15-17-20-22/h15-17,19-20H,4-14,18,21H2,1-3H3. The second kappa shape index (κ2) is 13.1. The van der Waals surface area contributed by atoms with Gasteiger partial charge in [-0.1, -0.05) is 128 Å². The molecule has 25 heavy (non-hydrogen) atoms. The first-order valence-corrected chi connectivity index (χ1v) is 10.7. The van der Waals surface area contributed by atoms with E-state index < -0.39 is 0 Å². The Hall–Kier alpha value is -1.11. The third-order valence-electron chi connectivity index (χ3n) is 5.31. The molecule has 0 radical (unpaired) electrons. The van der Waals surface area contributed by atoms with Crippen molar-refractivity contribution in [2.75, 3.05) is 0 Å². The molecule has 0 N–H and O–H groups in total. The first kappa shape index (κ1) is 21.9. The Kier molecular flexibility index (Phi) is 11.5. The van der Waals surface area contributed by atoms with Gasteiger partial charge in [0.25, 0.3) is 0 Å². The summed E-state index contributed by atoms with van der Waals surface area (Å²) in [5.41, 5.74) is 0.617. The monoisotopic (exact) mass is 344 g/mol. The van der Waals surface area contributed by atoms with Crippen molar-refractivity contribution in [3.63, 3.8) is 0 Å². The first-order valence-electron chi connectivity index (χ1n) is 10.7. The van der Waals surface area contributed by atoms with E-state index in [9.17, 15) is 4.79 Å². The number of hydrogen-bond donors (Lipinski definition) is 0. The van der Waals surface area contributed by atoms with E-state index in [1.807, 2.05) is 30.3 Å². The third-order valence-corrected chi connectivity index (χ3v) is 5.31. The smallest absolute Gasteiger partial charge is 0.168 e. The summed E-state index contributed by atoms with van der Waals surface area (Å²) in [6, 6.07) is 9.74. The van der Waals surface area contributed by atoms with Crippen molar-refractivity contribution in [1.82, 2.24) is 0 Å². The average molecular weight is 345 g/mol. The van der Waals surface area contributed by atoms with Crippen molar-refractivity contribution in [2.45, 2.75) is 104 Å². The number of carbonyl (C=O) groups excluding carboxylic acids is 1. The Labute approximate surface area is 156 Å². The molecule has 0 saturated heterocycles. The zero-order valence-corrected chi connectivity index (χ0v) is 17.0. The highest BCUT2D eigenvalue weighted by molar-refractivity contribution is 5.99. The Balaban J connectivity index is 2.02. The molecule has 0 unspecified atom stereocenters. The van der Waals surface area contributed by atoms with Gasteiger partial charge in [-0.25, -0.2) is 0 Å². The number of Topliss-reactive ketones (excluding diaryl/α,β-unsaturated/α-hetero) is 1. The molecule has 1 rings (SSSR count). The minimum atomic E-state index is -0.236. The normalized spacial score (nSPS) is 11.6. The molecular weight excluding hydrogens is 304 g/mol. The predicted molar refractivity (Wildman–Crippen MR) is 110 cm³/mol. The lowest BCUT2D eigenvalue weighted by Gasteiger charge is -2.23. The van der Waals surface area contributed by atoms with Crippen LogP contribution in [0.4, 0.5) is 0 Å². The lowest BCUT2D eigenvalue weighted by atomic mass is 9.80. The summed E-state index contributed by atoms with van der Waals surface area (Å²) in [6.45, 7) is 6.47. The summed E-state index contributed by atoms with van der Waals surface area (Å²) < 4.78 is 0. The van der Waals surface area contributed by atoms with Crippen molar-refractivity contribution in [3.8, 4) is 0 Å². The minimum Gasteiger partial charge on any atom is -0.294 e. The molecule has 0 spiro atoms. The number of rotatable bonds is 15. The molecule has 0 aliphatic carbocycles. The zero-order valence-electron chi connectivity index (χ0n) is 17.0. The summed E-state index contributed by atoms with van der Waals surface area (Å²) in [5.74, 6) is 0.288. The van der Waals surface area contributed by atoms with E-state index in [0.717, 1.165) is 12.0 Å². The van der Waals surface area contributed by atoms with Crippen LogP contribution in [0.15, 0.2) is 30.3 Å². The van der Waals surface area contributed by atoms with E-state index in [-0.39, 0.29) is 11.2 Å². The van der Waals surface area contributed by atoms with E-state index in [4.69, 9.17) is 0 Å². The molecule has 0 saturated carbocycles. The molecule has 1 heteroatoms. The fourth-order valence-electron chi connectivity index (χ4n) is 3.50. The molecule has 0 fully saturated rings. The second-order valence-corrected chi connectivity index (χ2v) is 8.22. The lowest BCUT2D eigenvalue weighted by Crippen LogP contribution is -2.24. The lowest BCUT2D eigenvalue weighted by molar-refractivity contribution is 0.0822. The number of carbonyl (C=O) groups is 1. The van der Waals surface area contributed by atoms with Crippen LogP contribution < -0.4 is 0 Å². The molecule has 0 heterocycles. The molecule has 1 aromatic rings. The maximum absolute atomic E-state index is 12.6. The third kappa shape index (κ3) is 9.82. The van der Waals surface area contributed by atoms with Gasteiger partial charge >= 0.3 is 0 Å². The fraction of sp³-hybridized carbons (Fsp3) is 0.708. The maximum Gasteiger partial charge on any atom is 0.168 e. The van der Waals surface area contributed by atoms with Gasteiger partial charge in [0.15, 0.2) is 5.78 Å². The highest BCUT2D eigenvalue weighted by Gasteiger charge is 2.27. The molecule has 142 valence electrons. The molecule has 0 aromatic heterocycles. The van der Waals surface area contributed by atoms with Gasteiger partial charge in [0.1, 0.15) is 0 Å². The van der Waals surface area contributed by atoms with Gasteiger partial charge in [-0.2, -0.15) is 0 Å². The van der Waals surface area contributed by atoms with Gasteiger partial charge in [-0.15, -0.1) is 0 Å². The topological polar surface area (TPSA) is 17.1 Å². The number of benzene rings is 1. The fourth-order valence-corrected chi connectivity index (χ4v) is 3.50. The molecule has 0 atom stereocenters. The van der Waals surface area contributed by atoms with E-state index in [1.54, 1.807) is 0 Å². The number of unbranched alkanes of at least 4 members (excludes halogenated alkanes) is 11. The van der Waals surface area contributed by atoms with Gasteiger partial charge in [0, 0.05) is 11.0 Å². The highest BCUT2D eigenvalue weighted by atomic mass is 16.1. The summed E-state index contributed by atoms with van der Waals surface area (Å²) >= 11 is 0. The van der Waals surface area contributed by atoms with E-state index in [2.05, 4.69) is 20.8 Å². The molecule has 0 aliphatic heterocycles. The van der Waals surface area contributed by atoms with Crippen LogP contribution in [0.1, 0.15) is 115 Å². The van der Waals surface area contributed by atoms with E-state index in [0.29, 0.717) is 0 Å². The zero-order chi connectivity index (χ0) is 18.4. The minimum absolute atomic E-state index is 0.236. The highest BCUT2D eigenvalue weighted by Crippen LogP contribution is 2.28. The molecule has 1 aromatic carbocycles. The van der Waals surface area contributed by atoms with Gasteiger partial charge < -0.3 is 0 Å². The number of hydrogen-bond acceptors (Lipinski definition) is 1. The van der Waals surface area contributed by atoms with Crippen molar-refractivity contribution >= 4 is 5.78 Å². The molecule has 0 aliphatic rings. The predicted octanol–water partition coefficient (Wildman–Crippen LogP) is 7.99. The Morgan fingerprint density at radius 2 is 1.16 bits per heavy atom.